The van der Waals surface area contributed by atoms with E-state index in [9.17, 15) is 9.59 Å². The molecule has 19 heavy (non-hydrogen) atoms. The number of aromatic carboxylic acids is 1. The molecule has 1 fully saturated rings. The molecule has 5 nitrogen and oxygen atoms in total. The highest BCUT2D eigenvalue weighted by Crippen LogP contribution is 2.11. The third-order valence-electron chi connectivity index (χ3n) is 3.36. The van der Waals surface area contributed by atoms with Gasteiger partial charge in [-0.15, -0.1) is 0 Å². The van der Waals surface area contributed by atoms with Crippen LogP contribution in [-0.4, -0.2) is 48.1 Å². The molecule has 0 saturated carbocycles. The van der Waals surface area contributed by atoms with Crippen molar-refractivity contribution in [3.63, 3.8) is 0 Å². The van der Waals surface area contributed by atoms with Crippen molar-refractivity contribution in [2.45, 2.75) is 18.9 Å². The van der Waals surface area contributed by atoms with E-state index in [4.69, 9.17) is 5.11 Å². The first kappa shape index (κ1) is 13.5. The number of amides is 1. The van der Waals surface area contributed by atoms with Crippen LogP contribution in [0.2, 0.25) is 0 Å². The van der Waals surface area contributed by atoms with Crippen molar-refractivity contribution in [1.29, 1.82) is 0 Å². The molecule has 5 heteroatoms. The van der Waals surface area contributed by atoms with Gasteiger partial charge in [0.05, 0.1) is 12.0 Å². The lowest BCUT2D eigenvalue weighted by molar-refractivity contribution is -0.121. The van der Waals surface area contributed by atoms with Gasteiger partial charge in [0.15, 0.2) is 0 Å². The third-order valence-corrected chi connectivity index (χ3v) is 3.36. The number of carboxylic acid groups (broad SMARTS) is 1. The molecule has 1 heterocycles. The minimum Gasteiger partial charge on any atom is -0.478 e. The van der Waals surface area contributed by atoms with Crippen molar-refractivity contribution in [3.05, 3.63) is 35.4 Å². The summed E-state index contributed by atoms with van der Waals surface area (Å²) in [6.07, 6.45) is 1.06. The average molecular weight is 262 g/mol. The molecule has 1 aromatic rings. The van der Waals surface area contributed by atoms with Gasteiger partial charge >= 0.3 is 5.97 Å². The topological polar surface area (TPSA) is 69.6 Å². The summed E-state index contributed by atoms with van der Waals surface area (Å²) in [5.41, 5.74) is 0.750. The van der Waals surface area contributed by atoms with Gasteiger partial charge in [-0.05, 0) is 31.6 Å². The zero-order valence-corrected chi connectivity index (χ0v) is 10.9. The van der Waals surface area contributed by atoms with Crippen molar-refractivity contribution >= 4 is 11.9 Å². The van der Waals surface area contributed by atoms with E-state index < -0.39 is 5.97 Å². The van der Waals surface area contributed by atoms with Gasteiger partial charge in [0.25, 0.3) is 0 Å². The Bertz CT molecular complexity index is 487. The highest BCUT2D eigenvalue weighted by Gasteiger charge is 2.21. The molecule has 1 atom stereocenters. The third kappa shape index (κ3) is 3.54. The van der Waals surface area contributed by atoms with Crippen LogP contribution in [0.3, 0.4) is 0 Å². The van der Waals surface area contributed by atoms with Crippen LogP contribution in [0, 0.1) is 0 Å². The Morgan fingerprint density at radius 3 is 2.79 bits per heavy atom. The van der Waals surface area contributed by atoms with Crippen molar-refractivity contribution in [2.75, 3.05) is 20.1 Å². The lowest BCUT2D eigenvalue weighted by atomic mass is 10.0. The summed E-state index contributed by atoms with van der Waals surface area (Å²) < 4.78 is 0. The van der Waals surface area contributed by atoms with E-state index in [1.54, 1.807) is 18.2 Å². The lowest BCUT2D eigenvalue weighted by Crippen LogP contribution is -2.37. The van der Waals surface area contributed by atoms with Gasteiger partial charge in [0.2, 0.25) is 5.91 Å². The fourth-order valence-electron chi connectivity index (χ4n) is 2.39. The summed E-state index contributed by atoms with van der Waals surface area (Å²) >= 11 is 0. The fourth-order valence-corrected chi connectivity index (χ4v) is 2.39. The maximum Gasteiger partial charge on any atom is 0.335 e. The molecule has 1 saturated heterocycles. The van der Waals surface area contributed by atoms with Crippen molar-refractivity contribution in [3.8, 4) is 0 Å². The SMILES string of the molecule is CN1CCC(NC(=O)Cc2ccccc2C(=O)O)C1. The predicted octanol–water partition coefficient (Wildman–Crippen LogP) is 0.748. The Morgan fingerprint density at radius 1 is 1.42 bits per heavy atom. The smallest absolute Gasteiger partial charge is 0.335 e. The van der Waals surface area contributed by atoms with Gasteiger partial charge in [-0.1, -0.05) is 18.2 Å². The van der Waals surface area contributed by atoms with E-state index in [1.165, 1.54) is 6.07 Å². The van der Waals surface area contributed by atoms with Crippen LogP contribution in [0.4, 0.5) is 0 Å². The summed E-state index contributed by atoms with van der Waals surface area (Å²) in [5.74, 6) is -1.11. The number of nitrogens with zero attached hydrogens (tertiary/aromatic N) is 1. The number of benzene rings is 1. The fraction of sp³-hybridized carbons (Fsp3) is 0.429. The second kappa shape index (κ2) is 5.84. The Morgan fingerprint density at radius 2 is 2.16 bits per heavy atom. The van der Waals surface area contributed by atoms with Crippen LogP contribution >= 0.6 is 0 Å². The highest BCUT2D eigenvalue weighted by molar-refractivity contribution is 5.91. The number of likely N-dealkylation sites (N-methyl/N-ethyl adjacent to an activating group) is 1. The molecule has 1 aliphatic rings. The Hall–Kier alpha value is -1.88. The maximum atomic E-state index is 11.9. The molecule has 0 aromatic heterocycles. The van der Waals surface area contributed by atoms with E-state index in [-0.39, 0.29) is 23.9 Å². The molecular weight excluding hydrogens is 244 g/mol. The molecule has 0 spiro atoms. The summed E-state index contributed by atoms with van der Waals surface area (Å²) in [4.78, 5) is 25.1. The summed E-state index contributed by atoms with van der Waals surface area (Å²) in [7, 11) is 2.02. The van der Waals surface area contributed by atoms with E-state index in [0.717, 1.165) is 19.5 Å². The number of carboxylic acids is 1. The summed E-state index contributed by atoms with van der Waals surface area (Å²) in [6, 6.07) is 6.79. The van der Waals surface area contributed by atoms with Crippen LogP contribution in [0.25, 0.3) is 0 Å². The molecule has 0 aliphatic carbocycles. The van der Waals surface area contributed by atoms with Crippen LogP contribution in [0.1, 0.15) is 22.3 Å². The number of likely N-dealkylation sites (tertiary alicyclic amines) is 1. The number of rotatable bonds is 4. The average Bonchev–Trinajstić information content (AvgIpc) is 2.75. The number of nitrogens with one attached hydrogen (secondary N) is 1. The van der Waals surface area contributed by atoms with Gasteiger partial charge in [-0.3, -0.25) is 4.79 Å². The number of hydrogen-bond acceptors (Lipinski definition) is 3. The number of carbonyl (C=O) groups excluding carboxylic acids is 1. The second-order valence-corrected chi connectivity index (χ2v) is 4.95. The van der Waals surface area contributed by atoms with Gasteiger partial charge < -0.3 is 15.3 Å². The number of carbonyl (C=O) groups is 2. The van der Waals surface area contributed by atoms with Gasteiger partial charge in [0, 0.05) is 12.6 Å². The minimum absolute atomic E-state index is 0.114. The Kier molecular flexibility index (Phi) is 4.16. The molecule has 2 N–H and O–H groups in total. The lowest BCUT2D eigenvalue weighted by Gasteiger charge is -2.13. The van der Waals surface area contributed by atoms with Crippen molar-refractivity contribution in [1.82, 2.24) is 10.2 Å². The van der Waals surface area contributed by atoms with Gasteiger partial charge in [0.1, 0.15) is 0 Å². The van der Waals surface area contributed by atoms with Gasteiger partial charge in [-0.2, -0.15) is 0 Å². The van der Waals surface area contributed by atoms with E-state index in [2.05, 4.69) is 10.2 Å². The predicted molar refractivity (Wildman–Crippen MR) is 71.2 cm³/mol. The standard InChI is InChI=1S/C14H18N2O3/c1-16-7-6-11(9-16)15-13(17)8-10-4-2-3-5-12(10)14(18)19/h2-5,11H,6-9H2,1H3,(H,15,17)(H,18,19). The zero-order valence-electron chi connectivity index (χ0n) is 10.9. The molecule has 1 aromatic carbocycles. The monoisotopic (exact) mass is 262 g/mol. The second-order valence-electron chi connectivity index (χ2n) is 4.95. The summed E-state index contributed by atoms with van der Waals surface area (Å²) in [5, 5.41) is 12.0. The molecule has 0 bridgehead atoms. The van der Waals surface area contributed by atoms with E-state index in [1.807, 2.05) is 7.05 Å². The molecular formula is C14H18N2O3. The van der Waals surface area contributed by atoms with Crippen LogP contribution < -0.4 is 5.32 Å². The highest BCUT2D eigenvalue weighted by atomic mass is 16.4. The first-order valence-corrected chi connectivity index (χ1v) is 6.35. The first-order chi connectivity index (χ1) is 9.06. The van der Waals surface area contributed by atoms with E-state index >= 15 is 0 Å². The quantitative estimate of drug-likeness (QED) is 0.840. The largest absolute Gasteiger partial charge is 0.478 e. The summed E-state index contributed by atoms with van der Waals surface area (Å²) in [6.45, 7) is 1.84. The van der Waals surface area contributed by atoms with Gasteiger partial charge in [-0.25, -0.2) is 4.79 Å². The molecule has 1 amide bonds. The molecule has 1 aliphatic heterocycles. The normalized spacial score (nSPS) is 19.3. The van der Waals surface area contributed by atoms with Crippen LogP contribution in [0.5, 0.6) is 0 Å². The molecule has 1 unspecified atom stereocenters. The molecule has 0 radical (unpaired) electrons. The van der Waals surface area contributed by atoms with E-state index in [0.29, 0.717) is 5.56 Å². The molecule has 2 rings (SSSR count). The van der Waals surface area contributed by atoms with Crippen molar-refractivity contribution < 1.29 is 14.7 Å². The van der Waals surface area contributed by atoms with Crippen LogP contribution in [-0.2, 0) is 11.2 Å². The molecule has 102 valence electrons. The number of hydrogen-bond donors (Lipinski definition) is 2. The maximum absolute atomic E-state index is 11.9. The first-order valence-electron chi connectivity index (χ1n) is 6.35. The van der Waals surface area contributed by atoms with Crippen LogP contribution in [0.15, 0.2) is 24.3 Å². The van der Waals surface area contributed by atoms with Crippen molar-refractivity contribution in [2.24, 2.45) is 0 Å². The minimum atomic E-state index is -0.996. The zero-order chi connectivity index (χ0) is 13.8. The Balaban J connectivity index is 1.97. The Labute approximate surface area is 112 Å².